The molecule has 2 rings (SSSR count). The number of benzene rings is 1. The van der Waals surface area contributed by atoms with Crippen molar-refractivity contribution in [2.75, 3.05) is 37.1 Å². The van der Waals surface area contributed by atoms with Crippen LogP contribution in [0.25, 0.3) is 0 Å². The molecule has 1 heterocycles. The minimum Gasteiger partial charge on any atom is -0.486 e. The van der Waals surface area contributed by atoms with E-state index in [1.165, 1.54) is 0 Å². The third-order valence-corrected chi connectivity index (χ3v) is 3.67. The van der Waals surface area contributed by atoms with E-state index in [-0.39, 0.29) is 0 Å². The molecule has 1 aromatic carbocycles. The molecule has 1 unspecified atom stereocenters. The van der Waals surface area contributed by atoms with Crippen LogP contribution in [-0.2, 0) is 0 Å². The fourth-order valence-corrected chi connectivity index (χ4v) is 1.84. The largest absolute Gasteiger partial charge is 0.486 e. The van der Waals surface area contributed by atoms with Crippen LogP contribution >= 0.6 is 11.8 Å². The van der Waals surface area contributed by atoms with E-state index in [4.69, 9.17) is 15.2 Å². The zero-order chi connectivity index (χ0) is 12.3. The van der Waals surface area contributed by atoms with Gasteiger partial charge in [0.15, 0.2) is 11.5 Å². The minimum atomic E-state index is 0.544. The molecule has 0 fully saturated rings. The molecule has 1 aliphatic heterocycles. The topological polar surface area (TPSA) is 56.5 Å². The molecule has 94 valence electrons. The van der Waals surface area contributed by atoms with Gasteiger partial charge in [-0.15, -0.1) is 0 Å². The van der Waals surface area contributed by atoms with Gasteiger partial charge in [-0.05, 0) is 6.26 Å². The summed E-state index contributed by atoms with van der Waals surface area (Å²) >= 11 is 1.82. The molecular weight excluding hydrogens is 236 g/mol. The number of hydrogen-bond donors (Lipinski definition) is 2. The van der Waals surface area contributed by atoms with E-state index < -0.39 is 0 Å². The summed E-state index contributed by atoms with van der Waals surface area (Å²) in [7, 11) is 0. The van der Waals surface area contributed by atoms with Crippen LogP contribution in [0.5, 0.6) is 11.5 Å². The van der Waals surface area contributed by atoms with E-state index in [2.05, 4.69) is 18.5 Å². The number of thioether (sulfide) groups is 1. The Labute approximate surface area is 106 Å². The summed E-state index contributed by atoms with van der Waals surface area (Å²) in [5.74, 6) is 1.50. The van der Waals surface area contributed by atoms with Crippen LogP contribution in [0, 0.1) is 0 Å². The second-order valence-electron chi connectivity index (χ2n) is 4.01. The van der Waals surface area contributed by atoms with Gasteiger partial charge in [-0.3, -0.25) is 0 Å². The molecule has 0 saturated carbocycles. The predicted molar refractivity (Wildman–Crippen MR) is 73.3 cm³/mol. The van der Waals surface area contributed by atoms with Crippen LogP contribution in [0.15, 0.2) is 12.1 Å². The van der Waals surface area contributed by atoms with Crippen molar-refractivity contribution in [1.29, 1.82) is 0 Å². The third-order valence-electron chi connectivity index (χ3n) is 2.70. The van der Waals surface area contributed by atoms with E-state index in [1.807, 2.05) is 23.9 Å². The van der Waals surface area contributed by atoms with Gasteiger partial charge in [-0.2, -0.15) is 11.8 Å². The Kier molecular flexibility index (Phi) is 3.89. The van der Waals surface area contributed by atoms with E-state index in [1.54, 1.807) is 0 Å². The number of nitrogens with two attached hydrogens (primary N) is 1. The van der Waals surface area contributed by atoms with Crippen LogP contribution in [0.1, 0.15) is 6.92 Å². The van der Waals surface area contributed by atoms with Crippen LogP contribution in [0.4, 0.5) is 11.4 Å². The summed E-state index contributed by atoms with van der Waals surface area (Å²) in [5, 5.41) is 3.88. The molecule has 0 aromatic heterocycles. The lowest BCUT2D eigenvalue weighted by molar-refractivity contribution is 0.172. The monoisotopic (exact) mass is 254 g/mol. The van der Waals surface area contributed by atoms with Gasteiger partial charge < -0.3 is 20.5 Å². The van der Waals surface area contributed by atoms with Crippen molar-refractivity contribution in [3.05, 3.63) is 12.1 Å². The Morgan fingerprint density at radius 3 is 2.65 bits per heavy atom. The molecule has 0 aliphatic carbocycles. The first kappa shape index (κ1) is 12.2. The molecule has 17 heavy (non-hydrogen) atoms. The highest BCUT2D eigenvalue weighted by molar-refractivity contribution is 7.99. The first-order valence-corrected chi connectivity index (χ1v) is 6.95. The Morgan fingerprint density at radius 2 is 2.00 bits per heavy atom. The number of fused-ring (bicyclic) bond motifs is 1. The second kappa shape index (κ2) is 5.40. The van der Waals surface area contributed by atoms with Crippen molar-refractivity contribution in [1.82, 2.24) is 0 Å². The molecule has 1 aromatic rings. The number of anilines is 2. The highest BCUT2D eigenvalue weighted by Crippen LogP contribution is 2.36. The summed E-state index contributed by atoms with van der Waals surface area (Å²) in [6.07, 6.45) is 2.10. The lowest BCUT2D eigenvalue weighted by Crippen LogP contribution is -2.17. The van der Waals surface area contributed by atoms with Gasteiger partial charge in [-0.25, -0.2) is 0 Å². The lowest BCUT2D eigenvalue weighted by Gasteiger charge is -2.21. The molecule has 0 radical (unpaired) electrons. The van der Waals surface area contributed by atoms with E-state index in [0.717, 1.165) is 23.7 Å². The summed E-state index contributed by atoms with van der Waals surface area (Å²) in [5.41, 5.74) is 7.58. The highest BCUT2D eigenvalue weighted by atomic mass is 32.2. The SMILES string of the molecule is CSC(C)CNc1cc2c(cc1N)OCCO2. The first-order chi connectivity index (χ1) is 8.20. The molecule has 4 nitrogen and oxygen atoms in total. The van der Waals surface area contributed by atoms with Crippen molar-refractivity contribution in [2.45, 2.75) is 12.2 Å². The number of rotatable bonds is 4. The van der Waals surface area contributed by atoms with Crippen molar-refractivity contribution in [2.24, 2.45) is 0 Å². The molecule has 0 bridgehead atoms. The number of ether oxygens (including phenoxy) is 2. The number of nitrogens with one attached hydrogen (secondary N) is 1. The van der Waals surface area contributed by atoms with Crippen LogP contribution < -0.4 is 20.5 Å². The fraction of sp³-hybridized carbons (Fsp3) is 0.500. The third kappa shape index (κ3) is 2.91. The van der Waals surface area contributed by atoms with Crippen molar-refractivity contribution >= 4 is 23.1 Å². The summed E-state index contributed by atoms with van der Waals surface area (Å²) in [6.45, 7) is 4.23. The molecule has 0 amide bonds. The average Bonchev–Trinajstić information content (AvgIpc) is 2.35. The fourth-order valence-electron chi connectivity index (χ4n) is 1.59. The van der Waals surface area contributed by atoms with E-state index >= 15 is 0 Å². The normalized spacial score (nSPS) is 15.4. The molecule has 3 N–H and O–H groups in total. The highest BCUT2D eigenvalue weighted by Gasteiger charge is 2.14. The summed E-state index contributed by atoms with van der Waals surface area (Å²) < 4.78 is 11.0. The minimum absolute atomic E-state index is 0.544. The maximum absolute atomic E-state index is 5.97. The standard InChI is InChI=1S/C12H18N2O2S/c1-8(17-2)7-14-10-6-12-11(5-9(10)13)15-3-4-16-12/h5-6,8,14H,3-4,7,13H2,1-2H3. The summed E-state index contributed by atoms with van der Waals surface area (Å²) in [6, 6.07) is 3.73. The molecule has 1 atom stereocenters. The first-order valence-electron chi connectivity index (χ1n) is 5.66. The zero-order valence-corrected chi connectivity index (χ0v) is 11.0. The Hall–Kier alpha value is -1.23. The average molecular weight is 254 g/mol. The van der Waals surface area contributed by atoms with E-state index in [0.29, 0.717) is 24.2 Å². The van der Waals surface area contributed by atoms with Crippen molar-refractivity contribution in [3.63, 3.8) is 0 Å². The molecule has 1 aliphatic rings. The molecular formula is C12H18N2O2S. The van der Waals surface area contributed by atoms with Gasteiger partial charge in [-0.1, -0.05) is 6.92 Å². The molecule has 0 spiro atoms. The Bertz CT molecular complexity index is 398. The lowest BCUT2D eigenvalue weighted by atomic mass is 10.2. The van der Waals surface area contributed by atoms with Gasteiger partial charge in [0.25, 0.3) is 0 Å². The van der Waals surface area contributed by atoms with Gasteiger partial charge in [0.2, 0.25) is 0 Å². The van der Waals surface area contributed by atoms with Gasteiger partial charge in [0.05, 0.1) is 11.4 Å². The van der Waals surface area contributed by atoms with Gasteiger partial charge in [0.1, 0.15) is 13.2 Å². The quantitative estimate of drug-likeness (QED) is 0.807. The zero-order valence-electron chi connectivity index (χ0n) is 10.2. The smallest absolute Gasteiger partial charge is 0.163 e. The van der Waals surface area contributed by atoms with Crippen molar-refractivity contribution < 1.29 is 9.47 Å². The number of hydrogen-bond acceptors (Lipinski definition) is 5. The summed E-state index contributed by atoms with van der Waals surface area (Å²) in [4.78, 5) is 0. The second-order valence-corrected chi connectivity index (χ2v) is 5.29. The van der Waals surface area contributed by atoms with Crippen molar-refractivity contribution in [3.8, 4) is 11.5 Å². The maximum atomic E-state index is 5.97. The number of nitrogen functional groups attached to an aromatic ring is 1. The Morgan fingerprint density at radius 1 is 1.35 bits per heavy atom. The van der Waals surface area contributed by atoms with Crippen LogP contribution in [0.3, 0.4) is 0 Å². The van der Waals surface area contributed by atoms with Gasteiger partial charge >= 0.3 is 0 Å². The van der Waals surface area contributed by atoms with Crippen LogP contribution in [-0.4, -0.2) is 31.3 Å². The van der Waals surface area contributed by atoms with Crippen LogP contribution in [0.2, 0.25) is 0 Å². The van der Waals surface area contributed by atoms with Gasteiger partial charge in [0, 0.05) is 23.9 Å². The predicted octanol–water partition coefficient (Wildman–Crippen LogP) is 2.20. The molecule has 5 heteroatoms. The van der Waals surface area contributed by atoms with E-state index in [9.17, 15) is 0 Å². The maximum Gasteiger partial charge on any atom is 0.163 e. The Balaban J connectivity index is 2.11. The molecule has 0 saturated heterocycles.